The van der Waals surface area contributed by atoms with E-state index >= 15 is 0 Å². The Morgan fingerprint density at radius 1 is 1.12 bits per heavy atom. The fraction of sp³-hybridized carbons (Fsp3) is 0.370. The highest BCUT2D eigenvalue weighted by Crippen LogP contribution is 2.22. The lowest BCUT2D eigenvalue weighted by Crippen LogP contribution is -2.43. The molecule has 0 aliphatic carbocycles. The Morgan fingerprint density at radius 2 is 1.91 bits per heavy atom. The minimum absolute atomic E-state index is 0.0430. The van der Waals surface area contributed by atoms with Gasteiger partial charge < -0.3 is 15.0 Å². The number of rotatable bonds is 9. The summed E-state index contributed by atoms with van der Waals surface area (Å²) in [5, 5.41) is 7.44. The predicted octanol–water partition coefficient (Wildman–Crippen LogP) is 3.61. The summed E-state index contributed by atoms with van der Waals surface area (Å²) in [4.78, 5) is 27.6. The molecule has 34 heavy (non-hydrogen) atoms. The maximum Gasteiger partial charge on any atom is 0.269 e. The first-order chi connectivity index (χ1) is 16.6. The van der Waals surface area contributed by atoms with Gasteiger partial charge in [-0.25, -0.2) is 4.68 Å². The van der Waals surface area contributed by atoms with Crippen LogP contribution in [0.15, 0.2) is 71.7 Å². The number of piperidine rings is 1. The number of amides is 1. The molecule has 7 nitrogen and oxygen atoms in total. The van der Waals surface area contributed by atoms with Gasteiger partial charge in [-0.1, -0.05) is 49.4 Å². The lowest BCUT2D eigenvalue weighted by Gasteiger charge is -2.33. The first kappa shape index (κ1) is 23.5. The van der Waals surface area contributed by atoms with Crippen LogP contribution in [0.3, 0.4) is 0 Å². The number of nitrogens with one attached hydrogen (secondary N) is 1. The molecular weight excluding hydrogens is 428 g/mol. The number of anilines is 1. The largest absolute Gasteiger partial charge is 0.494 e. The molecule has 1 atom stereocenters. The molecule has 178 valence electrons. The van der Waals surface area contributed by atoms with Crippen molar-refractivity contribution in [1.29, 1.82) is 0 Å². The molecule has 2 heterocycles. The molecule has 3 aromatic rings. The normalized spacial score (nSPS) is 15.7. The number of carbonyl (C=O) groups is 1. The Morgan fingerprint density at radius 3 is 2.65 bits per heavy atom. The van der Waals surface area contributed by atoms with Crippen LogP contribution in [0.5, 0.6) is 5.75 Å². The van der Waals surface area contributed by atoms with E-state index in [0.29, 0.717) is 26.2 Å². The molecule has 1 aromatic heterocycles. The third kappa shape index (κ3) is 6.25. The Balaban J connectivity index is 1.32. The Kier molecular flexibility index (Phi) is 7.96. The summed E-state index contributed by atoms with van der Waals surface area (Å²) in [6.45, 7) is 5.10. The van der Waals surface area contributed by atoms with Crippen molar-refractivity contribution in [1.82, 2.24) is 15.1 Å². The molecule has 1 aliphatic rings. The highest BCUT2D eigenvalue weighted by molar-refractivity contribution is 5.79. The average Bonchev–Trinajstić information content (AvgIpc) is 2.88. The maximum absolute atomic E-state index is 12.8. The summed E-state index contributed by atoms with van der Waals surface area (Å²) in [7, 11) is 0. The van der Waals surface area contributed by atoms with Gasteiger partial charge in [-0.15, -0.1) is 0 Å². The molecule has 1 fully saturated rings. The summed E-state index contributed by atoms with van der Waals surface area (Å²) in [6, 6.07) is 19.3. The maximum atomic E-state index is 12.8. The average molecular weight is 461 g/mol. The standard InChI is InChI=1S/C27H32N4O3/c1-2-15-34-25-12-10-21(11-13-25)17-28-27(33)23-9-6-14-30(20-23)24-16-26(32)31(29-18-24)19-22-7-4-3-5-8-22/h3-5,7-8,10-13,16,18,23H,2,6,9,14-15,17,19-20H2,1H3,(H,28,33). The van der Waals surface area contributed by atoms with Crippen molar-refractivity contribution in [2.75, 3.05) is 24.6 Å². The van der Waals surface area contributed by atoms with Gasteiger partial charge in [-0.3, -0.25) is 9.59 Å². The van der Waals surface area contributed by atoms with E-state index < -0.39 is 0 Å². The molecule has 1 amide bonds. The summed E-state index contributed by atoms with van der Waals surface area (Å²) in [5.74, 6) is 0.771. The zero-order valence-electron chi connectivity index (χ0n) is 19.7. The molecule has 1 N–H and O–H groups in total. The van der Waals surface area contributed by atoms with Gasteiger partial charge in [0.25, 0.3) is 5.56 Å². The van der Waals surface area contributed by atoms with E-state index in [1.807, 2.05) is 54.6 Å². The molecule has 1 aliphatic heterocycles. The number of carbonyl (C=O) groups excluding carboxylic acids is 1. The van der Waals surface area contributed by atoms with Gasteiger partial charge in [0.2, 0.25) is 5.91 Å². The van der Waals surface area contributed by atoms with E-state index in [1.54, 1.807) is 12.3 Å². The second-order valence-electron chi connectivity index (χ2n) is 8.69. The Labute approximate surface area is 200 Å². The third-order valence-corrected chi connectivity index (χ3v) is 6.05. The monoisotopic (exact) mass is 460 g/mol. The first-order valence-corrected chi connectivity index (χ1v) is 12.0. The summed E-state index contributed by atoms with van der Waals surface area (Å²) < 4.78 is 7.07. The van der Waals surface area contributed by atoms with E-state index in [4.69, 9.17) is 4.74 Å². The molecular formula is C27H32N4O3. The van der Waals surface area contributed by atoms with Crippen molar-refractivity contribution in [2.45, 2.75) is 39.3 Å². The van der Waals surface area contributed by atoms with Crippen LogP contribution in [-0.4, -0.2) is 35.4 Å². The van der Waals surface area contributed by atoms with E-state index in [1.165, 1.54) is 4.68 Å². The van der Waals surface area contributed by atoms with Crippen molar-refractivity contribution in [3.63, 3.8) is 0 Å². The zero-order valence-corrected chi connectivity index (χ0v) is 19.7. The molecule has 7 heteroatoms. The lowest BCUT2D eigenvalue weighted by molar-refractivity contribution is -0.125. The van der Waals surface area contributed by atoms with Gasteiger partial charge in [0.15, 0.2) is 0 Å². The second kappa shape index (κ2) is 11.5. The van der Waals surface area contributed by atoms with Crippen molar-refractivity contribution < 1.29 is 9.53 Å². The molecule has 0 saturated carbocycles. The van der Waals surface area contributed by atoms with E-state index in [9.17, 15) is 9.59 Å². The van der Waals surface area contributed by atoms with Gasteiger partial charge in [-0.05, 0) is 42.5 Å². The van der Waals surface area contributed by atoms with E-state index in [0.717, 1.165) is 48.4 Å². The molecule has 2 aromatic carbocycles. The number of benzene rings is 2. The highest BCUT2D eigenvalue weighted by Gasteiger charge is 2.26. The SMILES string of the molecule is CCCOc1ccc(CNC(=O)C2CCCN(c3cnn(Cc4ccccc4)c(=O)c3)C2)cc1. The van der Waals surface area contributed by atoms with Gasteiger partial charge >= 0.3 is 0 Å². The van der Waals surface area contributed by atoms with E-state index in [2.05, 4.69) is 22.2 Å². The van der Waals surface area contributed by atoms with Gasteiger partial charge in [0, 0.05) is 25.7 Å². The predicted molar refractivity (Wildman–Crippen MR) is 133 cm³/mol. The van der Waals surface area contributed by atoms with E-state index in [-0.39, 0.29) is 17.4 Å². The van der Waals surface area contributed by atoms with Crippen LogP contribution in [0.4, 0.5) is 5.69 Å². The van der Waals surface area contributed by atoms with Crippen molar-refractivity contribution in [2.24, 2.45) is 5.92 Å². The summed E-state index contributed by atoms with van der Waals surface area (Å²) >= 11 is 0. The Bertz CT molecular complexity index is 1130. The quantitative estimate of drug-likeness (QED) is 0.528. The van der Waals surface area contributed by atoms with Crippen LogP contribution in [0.1, 0.15) is 37.3 Å². The third-order valence-electron chi connectivity index (χ3n) is 6.05. The Hall–Kier alpha value is -3.61. The number of ether oxygens (including phenoxy) is 1. The smallest absolute Gasteiger partial charge is 0.269 e. The summed E-state index contributed by atoms with van der Waals surface area (Å²) in [5.41, 5.74) is 2.70. The molecule has 0 radical (unpaired) electrons. The number of nitrogens with zero attached hydrogens (tertiary/aromatic N) is 3. The van der Waals surface area contributed by atoms with Crippen molar-refractivity contribution in [3.05, 3.63) is 88.3 Å². The van der Waals surface area contributed by atoms with Crippen LogP contribution in [-0.2, 0) is 17.9 Å². The minimum Gasteiger partial charge on any atom is -0.494 e. The van der Waals surface area contributed by atoms with Gasteiger partial charge in [0.1, 0.15) is 5.75 Å². The number of aromatic nitrogens is 2. The highest BCUT2D eigenvalue weighted by atomic mass is 16.5. The van der Waals surface area contributed by atoms with Gasteiger partial charge in [-0.2, -0.15) is 5.10 Å². The fourth-order valence-corrected chi connectivity index (χ4v) is 4.15. The first-order valence-electron chi connectivity index (χ1n) is 12.0. The lowest BCUT2D eigenvalue weighted by atomic mass is 9.96. The topological polar surface area (TPSA) is 76.5 Å². The summed E-state index contributed by atoms with van der Waals surface area (Å²) in [6.07, 6.45) is 4.44. The van der Waals surface area contributed by atoms with Crippen LogP contribution < -0.4 is 20.5 Å². The molecule has 0 spiro atoms. The second-order valence-corrected chi connectivity index (χ2v) is 8.69. The van der Waals surface area contributed by atoms with Crippen LogP contribution >= 0.6 is 0 Å². The van der Waals surface area contributed by atoms with Crippen LogP contribution in [0, 0.1) is 5.92 Å². The van der Waals surface area contributed by atoms with Crippen molar-refractivity contribution in [3.8, 4) is 5.75 Å². The number of hydrogen-bond donors (Lipinski definition) is 1. The molecule has 0 bridgehead atoms. The van der Waals surface area contributed by atoms with Crippen LogP contribution in [0.2, 0.25) is 0 Å². The minimum atomic E-state index is -0.140. The molecule has 1 saturated heterocycles. The van der Waals surface area contributed by atoms with Crippen molar-refractivity contribution >= 4 is 11.6 Å². The van der Waals surface area contributed by atoms with Gasteiger partial charge in [0.05, 0.1) is 31.0 Å². The molecule has 4 rings (SSSR count). The fourth-order valence-electron chi connectivity index (χ4n) is 4.15. The molecule has 1 unspecified atom stereocenters. The van der Waals surface area contributed by atoms with Crippen LogP contribution in [0.25, 0.3) is 0 Å². The zero-order chi connectivity index (χ0) is 23.8. The number of hydrogen-bond acceptors (Lipinski definition) is 5.